The SMILES string of the molecule is [N-]=[N+]=NOP(=O)(Oc1ccccc1)O[N+](=O)[O-]. The molecular weight excluding hydrogens is 255 g/mol. The topological polar surface area (TPSA) is 137 Å². The standard InChI is InChI=1S/C6H5N4O6P/c7-8-9-15-17(13,16-10(11)12)14-6-4-2-1-3-5-6/h1-5H. The predicted octanol–water partition coefficient (Wildman–Crippen LogP) is 2.62. The summed E-state index contributed by atoms with van der Waals surface area (Å²) in [4.78, 5) is 12.2. The first kappa shape index (κ1) is 12.6. The van der Waals surface area contributed by atoms with E-state index < -0.39 is 12.9 Å². The number of para-hydroxylation sites is 1. The fourth-order valence-electron chi connectivity index (χ4n) is 0.801. The van der Waals surface area contributed by atoms with Crippen LogP contribution in [-0.2, 0) is 13.8 Å². The van der Waals surface area contributed by atoms with Gasteiger partial charge < -0.3 is 9.15 Å². The second kappa shape index (κ2) is 5.59. The van der Waals surface area contributed by atoms with Gasteiger partial charge in [-0.05, 0) is 17.7 Å². The molecule has 17 heavy (non-hydrogen) atoms. The van der Waals surface area contributed by atoms with E-state index in [-0.39, 0.29) is 5.75 Å². The average molecular weight is 260 g/mol. The molecule has 0 N–H and O–H groups in total. The molecule has 90 valence electrons. The van der Waals surface area contributed by atoms with Crippen LogP contribution in [0.5, 0.6) is 5.75 Å². The van der Waals surface area contributed by atoms with E-state index in [1.807, 2.05) is 0 Å². The smallest absolute Gasteiger partial charge is 0.397 e. The first-order valence-electron chi connectivity index (χ1n) is 3.98. The lowest BCUT2D eigenvalue weighted by Gasteiger charge is -2.12. The number of nitrogens with zero attached hydrogens (tertiary/aromatic N) is 4. The van der Waals surface area contributed by atoms with Crippen LogP contribution in [-0.4, -0.2) is 5.09 Å². The summed E-state index contributed by atoms with van der Waals surface area (Å²) >= 11 is 0. The van der Waals surface area contributed by atoms with Crippen molar-refractivity contribution in [1.82, 2.24) is 0 Å². The van der Waals surface area contributed by atoms with Crippen LogP contribution in [0, 0.1) is 10.1 Å². The van der Waals surface area contributed by atoms with Crippen molar-refractivity contribution in [3.8, 4) is 5.75 Å². The van der Waals surface area contributed by atoms with Crippen molar-refractivity contribution in [2.24, 2.45) is 5.28 Å². The summed E-state index contributed by atoms with van der Waals surface area (Å²) in [7, 11) is -4.63. The highest BCUT2D eigenvalue weighted by atomic mass is 31.2. The monoisotopic (exact) mass is 260 g/mol. The van der Waals surface area contributed by atoms with E-state index >= 15 is 0 Å². The fraction of sp³-hybridized carbons (Fsp3) is 0. The summed E-state index contributed by atoms with van der Waals surface area (Å²) in [6.07, 6.45) is 0. The molecule has 0 bridgehead atoms. The van der Waals surface area contributed by atoms with Gasteiger partial charge in [0.05, 0.1) is 0 Å². The van der Waals surface area contributed by atoms with Crippen molar-refractivity contribution < 1.29 is 23.4 Å². The molecule has 0 aliphatic rings. The lowest BCUT2D eigenvalue weighted by atomic mass is 10.3. The van der Waals surface area contributed by atoms with Crippen LogP contribution in [0.3, 0.4) is 0 Å². The Morgan fingerprint density at radius 1 is 1.41 bits per heavy atom. The molecule has 1 unspecified atom stereocenters. The number of benzene rings is 1. The van der Waals surface area contributed by atoms with Crippen molar-refractivity contribution in [3.05, 3.63) is 50.9 Å². The van der Waals surface area contributed by atoms with Gasteiger partial charge in [-0.2, -0.15) is 4.62 Å². The Labute approximate surface area is 94.0 Å². The number of phosphoric acid groups is 1. The van der Waals surface area contributed by atoms with E-state index in [0.29, 0.717) is 0 Å². The molecule has 0 saturated heterocycles. The van der Waals surface area contributed by atoms with Crippen LogP contribution in [0.15, 0.2) is 35.6 Å². The molecule has 0 fully saturated rings. The van der Waals surface area contributed by atoms with E-state index in [2.05, 4.69) is 24.0 Å². The molecule has 0 aliphatic carbocycles. The van der Waals surface area contributed by atoms with Gasteiger partial charge in [-0.3, -0.25) is 0 Å². The summed E-state index contributed by atoms with van der Waals surface area (Å²) < 4.78 is 23.9. The third-order valence-electron chi connectivity index (χ3n) is 1.30. The Balaban J connectivity index is 2.87. The van der Waals surface area contributed by atoms with Crippen molar-refractivity contribution in [2.45, 2.75) is 0 Å². The van der Waals surface area contributed by atoms with Crippen molar-refractivity contribution in [3.63, 3.8) is 0 Å². The van der Waals surface area contributed by atoms with Gasteiger partial charge >= 0.3 is 12.9 Å². The van der Waals surface area contributed by atoms with E-state index in [4.69, 9.17) is 5.53 Å². The first-order chi connectivity index (χ1) is 8.06. The lowest BCUT2D eigenvalue weighted by molar-refractivity contribution is -0.717. The van der Waals surface area contributed by atoms with Crippen molar-refractivity contribution in [2.75, 3.05) is 0 Å². The Kier molecular flexibility index (Phi) is 4.15. The van der Waals surface area contributed by atoms with Gasteiger partial charge in [0.1, 0.15) is 11.0 Å². The zero-order valence-electron chi connectivity index (χ0n) is 8.07. The zero-order valence-corrected chi connectivity index (χ0v) is 8.97. The summed E-state index contributed by atoms with van der Waals surface area (Å²) in [5.41, 5.74) is 7.96. The number of hydrogen-bond donors (Lipinski definition) is 0. The Bertz CT molecular complexity index is 479. The molecule has 1 rings (SSSR count). The highest BCUT2D eigenvalue weighted by molar-refractivity contribution is 7.48. The van der Waals surface area contributed by atoms with Gasteiger partial charge in [0.25, 0.3) is 0 Å². The van der Waals surface area contributed by atoms with Gasteiger partial charge in [0.2, 0.25) is 0 Å². The molecule has 0 amide bonds. The second-order valence-corrected chi connectivity index (χ2v) is 3.81. The van der Waals surface area contributed by atoms with E-state index in [1.165, 1.54) is 24.3 Å². The maximum atomic E-state index is 11.6. The minimum Gasteiger partial charge on any atom is -0.397 e. The van der Waals surface area contributed by atoms with Crippen LogP contribution in [0.1, 0.15) is 0 Å². The molecule has 0 radical (unpaired) electrons. The molecule has 10 nitrogen and oxygen atoms in total. The maximum absolute atomic E-state index is 11.6. The molecule has 0 spiro atoms. The van der Waals surface area contributed by atoms with Gasteiger partial charge in [0, 0.05) is 4.91 Å². The molecule has 11 heteroatoms. The summed E-state index contributed by atoms with van der Waals surface area (Å²) in [6, 6.07) is 7.41. The molecule has 0 aliphatic heterocycles. The van der Waals surface area contributed by atoms with Crippen molar-refractivity contribution in [1.29, 1.82) is 0 Å². The van der Waals surface area contributed by atoms with Gasteiger partial charge in [-0.1, -0.05) is 18.2 Å². The largest absolute Gasteiger partial charge is 0.623 e. The third-order valence-corrected chi connectivity index (χ3v) is 2.34. The number of rotatable bonds is 6. The van der Waals surface area contributed by atoms with Crippen LogP contribution in [0.2, 0.25) is 0 Å². The predicted molar refractivity (Wildman–Crippen MR) is 53.0 cm³/mol. The van der Waals surface area contributed by atoms with Crippen molar-refractivity contribution >= 4 is 7.82 Å². The summed E-state index contributed by atoms with van der Waals surface area (Å²) in [5, 5.41) is 11.2. The third kappa shape index (κ3) is 4.29. The van der Waals surface area contributed by atoms with Crippen LogP contribution in [0.25, 0.3) is 10.4 Å². The minimum atomic E-state index is -4.63. The highest BCUT2D eigenvalue weighted by Crippen LogP contribution is 2.49. The summed E-state index contributed by atoms with van der Waals surface area (Å²) in [5.74, 6) is -0.00850. The molecule has 0 aromatic heterocycles. The van der Waals surface area contributed by atoms with E-state index in [1.54, 1.807) is 6.07 Å². The summed E-state index contributed by atoms with van der Waals surface area (Å²) in [6.45, 7) is 0. The van der Waals surface area contributed by atoms with Gasteiger partial charge in [-0.25, -0.2) is 4.57 Å². The average Bonchev–Trinajstić information content (AvgIpc) is 2.26. The first-order valence-corrected chi connectivity index (χ1v) is 5.44. The quantitative estimate of drug-likeness (QED) is 0.192. The Morgan fingerprint density at radius 2 is 2.06 bits per heavy atom. The minimum absolute atomic E-state index is 0.00850. The zero-order chi connectivity index (χ0) is 12.7. The second-order valence-electron chi connectivity index (χ2n) is 2.41. The molecule has 1 aromatic carbocycles. The number of hydrogen-bond acceptors (Lipinski definition) is 7. The van der Waals surface area contributed by atoms with E-state index in [9.17, 15) is 14.7 Å². The Morgan fingerprint density at radius 3 is 2.59 bits per heavy atom. The molecule has 1 atom stereocenters. The van der Waals surface area contributed by atoms with E-state index in [0.717, 1.165) is 0 Å². The maximum Gasteiger partial charge on any atom is 0.623 e. The fourth-order valence-corrected chi connectivity index (χ4v) is 1.56. The van der Waals surface area contributed by atoms with Crippen LogP contribution >= 0.6 is 7.82 Å². The highest BCUT2D eigenvalue weighted by Gasteiger charge is 2.33. The van der Waals surface area contributed by atoms with Gasteiger partial charge in [-0.15, -0.1) is 10.1 Å². The molecule has 0 heterocycles. The molecule has 0 saturated carbocycles. The lowest BCUT2D eigenvalue weighted by Crippen LogP contribution is -2.04. The van der Waals surface area contributed by atoms with Gasteiger partial charge in [0.15, 0.2) is 0 Å². The van der Waals surface area contributed by atoms with Crippen LogP contribution < -0.4 is 4.52 Å². The number of azide groups is 1. The Hall–Kier alpha value is -2.44. The van der Waals surface area contributed by atoms with Crippen LogP contribution in [0.4, 0.5) is 0 Å². The molecular formula is C6H5N4O6P. The normalized spacial score (nSPS) is 12.7. The molecule has 1 aromatic rings.